The van der Waals surface area contributed by atoms with Crippen LogP contribution in [0.4, 0.5) is 5.69 Å². The molecule has 3 rings (SSSR count). The van der Waals surface area contributed by atoms with Crippen LogP contribution in [0.25, 0.3) is 6.08 Å². The summed E-state index contributed by atoms with van der Waals surface area (Å²) in [5, 5.41) is 7.74. The molecule has 1 aliphatic heterocycles. The Morgan fingerprint density at radius 2 is 1.87 bits per heavy atom. The maximum atomic E-state index is 12.3. The number of hydrogen-bond acceptors (Lipinski definition) is 4. The van der Waals surface area contributed by atoms with Crippen LogP contribution in [0.5, 0.6) is 0 Å². The van der Waals surface area contributed by atoms with Crippen LogP contribution in [-0.4, -0.2) is 32.4 Å². The molecule has 0 saturated carbocycles. The number of carbonyl (C=O) groups excluding carboxylic acids is 3. The summed E-state index contributed by atoms with van der Waals surface area (Å²) in [6.45, 7) is 4.97. The van der Waals surface area contributed by atoms with Crippen molar-refractivity contribution in [2.75, 3.05) is 5.32 Å². The van der Waals surface area contributed by atoms with Crippen molar-refractivity contribution in [1.82, 2.24) is 14.7 Å². The Hall–Kier alpha value is -2.93. The molecule has 1 aliphatic rings. The molecule has 0 bridgehead atoms. The van der Waals surface area contributed by atoms with Crippen molar-refractivity contribution in [3.8, 4) is 0 Å². The van der Waals surface area contributed by atoms with Crippen molar-refractivity contribution < 1.29 is 14.4 Å². The summed E-state index contributed by atoms with van der Waals surface area (Å²) < 4.78 is 1.76. The van der Waals surface area contributed by atoms with Crippen molar-refractivity contribution >= 4 is 41.1 Å². The summed E-state index contributed by atoms with van der Waals surface area (Å²) in [6.07, 6.45) is 5.68. The largest absolute Gasteiger partial charge is 0.323 e. The third-order valence-electron chi connectivity index (χ3n) is 4.95. The van der Waals surface area contributed by atoms with Crippen molar-refractivity contribution in [2.45, 2.75) is 52.6 Å². The lowest BCUT2D eigenvalue weighted by atomic mass is 10.2. The first-order chi connectivity index (χ1) is 14.4. The van der Waals surface area contributed by atoms with E-state index in [0.29, 0.717) is 10.8 Å². The third-order valence-corrected chi connectivity index (χ3v) is 5.35. The van der Waals surface area contributed by atoms with E-state index < -0.39 is 0 Å². The molecule has 0 unspecified atom stereocenters. The van der Waals surface area contributed by atoms with Crippen LogP contribution >= 0.6 is 11.6 Å². The summed E-state index contributed by atoms with van der Waals surface area (Å²) in [5.74, 6) is -0.576. The predicted octanol–water partition coefficient (Wildman–Crippen LogP) is 3.95. The molecular formula is C22H25ClN4O3. The number of aryl methyl sites for hydroxylation is 2. The number of rotatable bonds is 8. The smallest absolute Gasteiger partial charge is 0.248 e. The predicted molar refractivity (Wildman–Crippen MR) is 116 cm³/mol. The topological polar surface area (TPSA) is 84.3 Å². The number of amides is 3. The summed E-state index contributed by atoms with van der Waals surface area (Å²) in [6, 6.07) is 7.06. The lowest BCUT2D eigenvalue weighted by Crippen LogP contribution is -2.28. The molecule has 8 heteroatoms. The van der Waals surface area contributed by atoms with Gasteiger partial charge in [0.1, 0.15) is 5.15 Å². The number of aromatic nitrogens is 2. The van der Waals surface area contributed by atoms with Gasteiger partial charge in [-0.15, -0.1) is 0 Å². The van der Waals surface area contributed by atoms with Crippen LogP contribution in [-0.2, 0) is 27.5 Å². The second kappa shape index (κ2) is 9.71. The zero-order valence-electron chi connectivity index (χ0n) is 17.2. The van der Waals surface area contributed by atoms with Gasteiger partial charge in [-0.05, 0) is 37.1 Å². The fraction of sp³-hybridized carbons (Fsp3) is 0.364. The Kier molecular flexibility index (Phi) is 7.05. The van der Waals surface area contributed by atoms with Gasteiger partial charge in [-0.2, -0.15) is 5.10 Å². The molecule has 3 amide bonds. The number of benzene rings is 1. The number of hydrogen-bond donors (Lipinski definition) is 1. The minimum Gasteiger partial charge on any atom is -0.323 e. The Morgan fingerprint density at radius 1 is 1.20 bits per heavy atom. The maximum absolute atomic E-state index is 12.3. The van der Waals surface area contributed by atoms with Crippen LogP contribution in [0.15, 0.2) is 30.3 Å². The van der Waals surface area contributed by atoms with Crippen molar-refractivity contribution in [1.29, 1.82) is 0 Å². The minimum absolute atomic E-state index is 0.144. The van der Waals surface area contributed by atoms with E-state index in [4.69, 9.17) is 11.6 Å². The summed E-state index contributed by atoms with van der Waals surface area (Å²) in [5.41, 5.74) is 2.96. The van der Waals surface area contributed by atoms with Crippen LogP contribution in [0, 0.1) is 6.92 Å². The number of likely N-dealkylation sites (tertiary alicyclic amines) is 1. The molecule has 1 saturated heterocycles. The fourth-order valence-corrected chi connectivity index (χ4v) is 3.55. The summed E-state index contributed by atoms with van der Waals surface area (Å²) in [4.78, 5) is 37.0. The molecule has 0 radical (unpaired) electrons. The van der Waals surface area contributed by atoms with Crippen molar-refractivity contribution in [2.24, 2.45) is 0 Å². The molecule has 0 spiro atoms. The van der Waals surface area contributed by atoms with E-state index in [-0.39, 0.29) is 37.1 Å². The molecule has 30 heavy (non-hydrogen) atoms. The van der Waals surface area contributed by atoms with Gasteiger partial charge >= 0.3 is 0 Å². The first-order valence-corrected chi connectivity index (χ1v) is 10.4. The zero-order valence-corrected chi connectivity index (χ0v) is 17.9. The second-order valence-electron chi connectivity index (χ2n) is 7.26. The third kappa shape index (κ3) is 5.16. The van der Waals surface area contributed by atoms with Crippen LogP contribution < -0.4 is 5.32 Å². The lowest BCUT2D eigenvalue weighted by molar-refractivity contribution is -0.139. The SMILES string of the molecule is CCCCn1nc(C)c(/C=C/C(=O)Nc2ccc(CN3C(=O)CCC3=O)cc2)c1Cl. The fourth-order valence-electron chi connectivity index (χ4n) is 3.23. The first kappa shape index (κ1) is 21.8. The molecule has 0 aliphatic carbocycles. The van der Waals surface area contributed by atoms with Gasteiger partial charge in [0.15, 0.2) is 0 Å². The van der Waals surface area contributed by atoms with E-state index in [1.54, 1.807) is 35.0 Å². The second-order valence-corrected chi connectivity index (χ2v) is 7.62. The molecular weight excluding hydrogens is 404 g/mol. The van der Waals surface area contributed by atoms with E-state index in [9.17, 15) is 14.4 Å². The quantitative estimate of drug-likeness (QED) is 0.509. The molecule has 1 aromatic heterocycles. The van der Waals surface area contributed by atoms with Gasteiger partial charge in [-0.1, -0.05) is 37.1 Å². The highest BCUT2D eigenvalue weighted by Crippen LogP contribution is 2.22. The number of nitrogens with zero attached hydrogens (tertiary/aromatic N) is 3. The molecule has 1 aromatic carbocycles. The van der Waals surface area contributed by atoms with Crippen LogP contribution in [0.3, 0.4) is 0 Å². The number of carbonyl (C=O) groups is 3. The van der Waals surface area contributed by atoms with Gasteiger partial charge in [0, 0.05) is 36.7 Å². The van der Waals surface area contributed by atoms with Gasteiger partial charge in [-0.3, -0.25) is 24.0 Å². The number of halogens is 1. The van der Waals surface area contributed by atoms with Gasteiger partial charge < -0.3 is 5.32 Å². The normalized spacial score (nSPS) is 14.2. The molecule has 7 nitrogen and oxygen atoms in total. The summed E-state index contributed by atoms with van der Waals surface area (Å²) >= 11 is 6.38. The standard InChI is InChI=1S/C22H25ClN4O3/c1-3-4-13-27-22(23)18(15(2)25-27)9-10-19(28)24-17-7-5-16(6-8-17)14-26-20(29)11-12-21(26)30/h5-10H,3-4,11-14H2,1-2H3,(H,24,28)/b10-9+. The van der Waals surface area contributed by atoms with Crippen LogP contribution in [0.1, 0.15) is 49.4 Å². The molecule has 2 heterocycles. The van der Waals surface area contributed by atoms with E-state index in [1.165, 1.54) is 11.0 Å². The zero-order chi connectivity index (χ0) is 21.7. The minimum atomic E-state index is -0.288. The van der Waals surface area contributed by atoms with E-state index in [1.807, 2.05) is 6.92 Å². The number of unbranched alkanes of at least 4 members (excludes halogenated alkanes) is 1. The maximum Gasteiger partial charge on any atom is 0.248 e. The van der Waals surface area contributed by atoms with E-state index >= 15 is 0 Å². The lowest BCUT2D eigenvalue weighted by Gasteiger charge is -2.14. The van der Waals surface area contributed by atoms with Crippen molar-refractivity contribution in [3.05, 3.63) is 52.3 Å². The molecule has 1 fully saturated rings. The summed E-state index contributed by atoms with van der Waals surface area (Å²) in [7, 11) is 0. The Bertz CT molecular complexity index is 963. The van der Waals surface area contributed by atoms with E-state index in [0.717, 1.165) is 36.2 Å². The molecule has 0 atom stereocenters. The Morgan fingerprint density at radius 3 is 2.50 bits per heavy atom. The van der Waals surface area contributed by atoms with Crippen LogP contribution in [0.2, 0.25) is 5.15 Å². The molecule has 2 aromatic rings. The van der Waals surface area contributed by atoms with Gasteiger partial charge in [-0.25, -0.2) is 0 Å². The molecule has 158 valence electrons. The van der Waals surface area contributed by atoms with Gasteiger partial charge in [0.2, 0.25) is 17.7 Å². The highest BCUT2D eigenvalue weighted by molar-refractivity contribution is 6.31. The first-order valence-electron chi connectivity index (χ1n) is 10.0. The Balaban J connectivity index is 1.59. The number of anilines is 1. The average molecular weight is 429 g/mol. The van der Waals surface area contributed by atoms with Gasteiger partial charge in [0.25, 0.3) is 0 Å². The van der Waals surface area contributed by atoms with Crippen molar-refractivity contribution in [3.63, 3.8) is 0 Å². The van der Waals surface area contributed by atoms with E-state index in [2.05, 4.69) is 17.3 Å². The van der Waals surface area contributed by atoms with Gasteiger partial charge in [0.05, 0.1) is 12.2 Å². The highest BCUT2D eigenvalue weighted by Gasteiger charge is 2.28. The average Bonchev–Trinajstić information content (AvgIpc) is 3.18. The Labute approximate surface area is 180 Å². The number of imide groups is 1. The molecule has 1 N–H and O–H groups in total. The monoisotopic (exact) mass is 428 g/mol. The highest BCUT2D eigenvalue weighted by atomic mass is 35.5. The number of nitrogens with one attached hydrogen (secondary N) is 1.